The maximum atomic E-state index is 13.7. The molecular formula is C27H31N5O4. The molecule has 9 nitrogen and oxygen atoms in total. The predicted molar refractivity (Wildman–Crippen MR) is 138 cm³/mol. The summed E-state index contributed by atoms with van der Waals surface area (Å²) in [4.78, 5) is 47.6. The average molecular weight is 490 g/mol. The maximum Gasteiger partial charge on any atom is 0.280 e. The van der Waals surface area contributed by atoms with Gasteiger partial charge in [-0.3, -0.25) is 14.4 Å². The molecule has 0 saturated carbocycles. The molecule has 0 spiro atoms. The summed E-state index contributed by atoms with van der Waals surface area (Å²) < 4.78 is 5.53. The van der Waals surface area contributed by atoms with Gasteiger partial charge in [0, 0.05) is 30.3 Å². The number of ether oxygens (including phenoxy) is 1. The van der Waals surface area contributed by atoms with E-state index in [4.69, 9.17) is 4.74 Å². The minimum absolute atomic E-state index is 0.0231. The van der Waals surface area contributed by atoms with Crippen LogP contribution >= 0.6 is 0 Å². The molecule has 188 valence electrons. The number of anilines is 2. The third-order valence-electron chi connectivity index (χ3n) is 6.96. The highest BCUT2D eigenvalue weighted by Crippen LogP contribution is 2.39. The Morgan fingerprint density at radius 2 is 1.86 bits per heavy atom. The Bertz CT molecular complexity index is 1230. The Hall–Kier alpha value is -3.72. The van der Waals surface area contributed by atoms with Crippen molar-refractivity contribution in [2.24, 2.45) is 4.99 Å². The lowest BCUT2D eigenvalue weighted by atomic mass is 10.0. The van der Waals surface area contributed by atoms with Gasteiger partial charge in [0.2, 0.25) is 5.96 Å². The van der Waals surface area contributed by atoms with Gasteiger partial charge in [-0.1, -0.05) is 12.1 Å². The minimum atomic E-state index is -0.455. The number of aliphatic imine (C=N–C) groups is 1. The van der Waals surface area contributed by atoms with Crippen molar-refractivity contribution in [1.82, 2.24) is 10.2 Å². The Balaban J connectivity index is 1.56. The summed E-state index contributed by atoms with van der Waals surface area (Å²) in [6.45, 7) is 6.17. The second-order valence-corrected chi connectivity index (χ2v) is 9.54. The van der Waals surface area contributed by atoms with Gasteiger partial charge < -0.3 is 25.2 Å². The average Bonchev–Trinajstić information content (AvgIpc) is 3.25. The number of benzene rings is 2. The number of hydrogen-bond donors (Lipinski definition) is 2. The summed E-state index contributed by atoms with van der Waals surface area (Å²) in [5.41, 5.74) is 2.83. The summed E-state index contributed by atoms with van der Waals surface area (Å²) in [5, 5.41) is 6.21. The smallest absolute Gasteiger partial charge is 0.280 e. The third kappa shape index (κ3) is 4.58. The molecule has 2 aromatic carbocycles. The number of carbonyl (C=O) groups is 3. The molecule has 0 aromatic heterocycles. The zero-order valence-corrected chi connectivity index (χ0v) is 20.6. The first-order chi connectivity index (χ1) is 17.4. The van der Waals surface area contributed by atoms with Crippen LogP contribution in [0.3, 0.4) is 0 Å². The van der Waals surface area contributed by atoms with Crippen LogP contribution in [0.1, 0.15) is 64.2 Å². The lowest BCUT2D eigenvalue weighted by Crippen LogP contribution is -2.47. The largest absolute Gasteiger partial charge is 0.377 e. The van der Waals surface area contributed by atoms with Crippen LogP contribution in [0.5, 0.6) is 0 Å². The number of nitrogens with one attached hydrogen (secondary N) is 2. The Morgan fingerprint density at radius 3 is 2.69 bits per heavy atom. The zero-order chi connectivity index (χ0) is 25.2. The van der Waals surface area contributed by atoms with Crippen LogP contribution in [-0.4, -0.2) is 67.0 Å². The van der Waals surface area contributed by atoms with E-state index in [-0.39, 0.29) is 23.9 Å². The molecule has 2 aromatic rings. The van der Waals surface area contributed by atoms with Gasteiger partial charge >= 0.3 is 0 Å². The van der Waals surface area contributed by atoms with Crippen LogP contribution in [0.25, 0.3) is 0 Å². The van der Waals surface area contributed by atoms with E-state index in [0.29, 0.717) is 49.0 Å². The number of para-hydroxylation sites is 1. The second kappa shape index (κ2) is 10.1. The Morgan fingerprint density at radius 1 is 1.06 bits per heavy atom. The molecule has 3 aliphatic heterocycles. The highest BCUT2D eigenvalue weighted by atomic mass is 16.5. The molecule has 0 aliphatic carbocycles. The minimum Gasteiger partial charge on any atom is -0.377 e. The topological polar surface area (TPSA) is 103 Å². The van der Waals surface area contributed by atoms with Crippen molar-refractivity contribution in [3.8, 4) is 0 Å². The fourth-order valence-electron chi connectivity index (χ4n) is 5.01. The van der Waals surface area contributed by atoms with E-state index in [9.17, 15) is 14.4 Å². The second-order valence-electron chi connectivity index (χ2n) is 9.54. The van der Waals surface area contributed by atoms with Crippen molar-refractivity contribution in [2.45, 2.75) is 45.2 Å². The van der Waals surface area contributed by atoms with Gasteiger partial charge in [0.05, 0.1) is 36.2 Å². The molecule has 1 saturated heterocycles. The van der Waals surface area contributed by atoms with Crippen LogP contribution in [-0.2, 0) is 4.74 Å². The summed E-state index contributed by atoms with van der Waals surface area (Å²) in [5.74, 6) is -0.316. The number of guanidine groups is 1. The fourth-order valence-corrected chi connectivity index (χ4v) is 5.01. The van der Waals surface area contributed by atoms with Gasteiger partial charge in [-0.05, 0) is 63.4 Å². The van der Waals surface area contributed by atoms with E-state index in [2.05, 4.69) is 22.5 Å². The van der Waals surface area contributed by atoms with Crippen molar-refractivity contribution >= 4 is 35.1 Å². The standard InChI is InChI=1S/C27H31N5O4/c1-17-7-3-4-12-28-24(33)19-8-5-9-20(15-19)25(34)30-27-29-22-11-6-10-21(23(22)32(17)27)26(35)31-13-14-36-16-18(31)2/h5-6,8-11,15,17-18H,3-4,7,12-14,16H2,1-2H3,(H,28,33)(H,29,30,34)/t17?,18-/m1/s1. The van der Waals surface area contributed by atoms with Crippen LogP contribution in [0, 0.1) is 0 Å². The fraction of sp³-hybridized carbons (Fsp3) is 0.407. The molecular weight excluding hydrogens is 458 g/mol. The maximum absolute atomic E-state index is 13.7. The first kappa shape index (κ1) is 24.0. The first-order valence-electron chi connectivity index (χ1n) is 12.5. The quantitative estimate of drug-likeness (QED) is 0.637. The molecule has 2 bridgehead atoms. The third-order valence-corrected chi connectivity index (χ3v) is 6.96. The van der Waals surface area contributed by atoms with Crippen LogP contribution < -0.4 is 15.5 Å². The molecule has 0 radical (unpaired) electrons. The van der Waals surface area contributed by atoms with E-state index in [0.717, 1.165) is 30.6 Å². The van der Waals surface area contributed by atoms with Gasteiger partial charge in [0.15, 0.2) is 0 Å². The predicted octanol–water partition coefficient (Wildman–Crippen LogP) is 3.28. The molecule has 5 rings (SSSR count). The number of nitrogens with zero attached hydrogens (tertiary/aromatic N) is 3. The van der Waals surface area contributed by atoms with E-state index < -0.39 is 5.91 Å². The summed E-state index contributed by atoms with van der Waals surface area (Å²) in [6.07, 6.45) is 2.48. The summed E-state index contributed by atoms with van der Waals surface area (Å²) >= 11 is 0. The molecule has 36 heavy (non-hydrogen) atoms. The van der Waals surface area contributed by atoms with Gasteiger partial charge in [-0.2, -0.15) is 4.99 Å². The number of hydrogen-bond acceptors (Lipinski definition) is 6. The van der Waals surface area contributed by atoms with Crippen LogP contribution in [0.4, 0.5) is 11.4 Å². The van der Waals surface area contributed by atoms with E-state index >= 15 is 0 Å². The molecule has 2 N–H and O–H groups in total. The molecule has 1 fully saturated rings. The highest BCUT2D eigenvalue weighted by Gasteiger charge is 2.36. The van der Waals surface area contributed by atoms with Crippen LogP contribution in [0.15, 0.2) is 47.5 Å². The van der Waals surface area contributed by atoms with Crippen molar-refractivity contribution in [3.05, 3.63) is 59.2 Å². The van der Waals surface area contributed by atoms with Crippen molar-refractivity contribution < 1.29 is 19.1 Å². The number of fused-ring (bicyclic) bond motifs is 5. The number of rotatable bonds is 1. The van der Waals surface area contributed by atoms with Gasteiger partial charge in [0.1, 0.15) is 0 Å². The molecule has 3 heterocycles. The molecule has 2 atom stereocenters. The van der Waals surface area contributed by atoms with Crippen molar-refractivity contribution in [2.75, 3.05) is 36.5 Å². The molecule has 9 heteroatoms. The summed E-state index contributed by atoms with van der Waals surface area (Å²) in [7, 11) is 0. The lowest BCUT2D eigenvalue weighted by molar-refractivity contribution is 0.00364. The van der Waals surface area contributed by atoms with Gasteiger partial charge in [0.25, 0.3) is 17.7 Å². The monoisotopic (exact) mass is 489 g/mol. The van der Waals surface area contributed by atoms with Crippen molar-refractivity contribution in [3.63, 3.8) is 0 Å². The van der Waals surface area contributed by atoms with Crippen LogP contribution in [0.2, 0.25) is 0 Å². The lowest BCUT2D eigenvalue weighted by Gasteiger charge is -2.34. The zero-order valence-electron chi connectivity index (χ0n) is 20.6. The summed E-state index contributed by atoms with van der Waals surface area (Å²) in [6, 6.07) is 12.1. The Labute approximate surface area is 210 Å². The number of morpholine rings is 1. The first-order valence-corrected chi connectivity index (χ1v) is 12.5. The normalized spacial score (nSPS) is 24.0. The van der Waals surface area contributed by atoms with E-state index in [1.165, 1.54) is 0 Å². The molecule has 3 aliphatic rings. The van der Waals surface area contributed by atoms with Gasteiger partial charge in [-0.25, -0.2) is 0 Å². The number of amides is 3. The van der Waals surface area contributed by atoms with E-state index in [1.807, 2.05) is 34.9 Å². The Kier molecular flexibility index (Phi) is 6.73. The molecule has 1 unspecified atom stereocenters. The van der Waals surface area contributed by atoms with E-state index in [1.54, 1.807) is 24.3 Å². The van der Waals surface area contributed by atoms with Crippen molar-refractivity contribution in [1.29, 1.82) is 0 Å². The molecule has 3 amide bonds. The number of carbonyl (C=O) groups excluding carboxylic acids is 3. The van der Waals surface area contributed by atoms with Gasteiger partial charge in [-0.15, -0.1) is 0 Å². The highest BCUT2D eigenvalue weighted by molar-refractivity contribution is 6.22. The SMILES string of the molecule is CC1CCCCNC(=O)c2cccc(c2)C(=O)/N=C2\Nc3cccc(C(=O)N4CCOC[C@H]4C)c3N21.